The van der Waals surface area contributed by atoms with Gasteiger partial charge in [-0.1, -0.05) is 18.2 Å². The number of nitrogens with zero attached hydrogens (tertiary/aromatic N) is 4. The minimum Gasteiger partial charge on any atom is -0.465 e. The van der Waals surface area contributed by atoms with Crippen molar-refractivity contribution in [3.63, 3.8) is 0 Å². The Balaban J connectivity index is 1.54. The van der Waals surface area contributed by atoms with Crippen LogP contribution < -0.4 is 4.31 Å². The Bertz CT molecular complexity index is 988. The van der Waals surface area contributed by atoms with Gasteiger partial charge >= 0.3 is 16.2 Å². The first-order valence-corrected chi connectivity index (χ1v) is 11.6. The standard InChI is InChI=1S/C21H26N4O5S/c1-29-21(26)17-7-8-18(22-13-17)14-25(19-5-3-2-4-6-19)31(27,28)24-11-9-23(10-12-24)20-15-30-16-20/h2-8,13,20H,9-12,14-16H2,1H3. The van der Waals surface area contributed by atoms with E-state index in [1.807, 2.05) is 6.07 Å². The molecule has 9 nitrogen and oxygen atoms in total. The van der Waals surface area contributed by atoms with E-state index in [-0.39, 0.29) is 6.54 Å². The SMILES string of the molecule is COC(=O)c1ccc(CN(c2ccccc2)S(=O)(=O)N2CCN(C3COC3)CC2)nc1. The number of para-hydroxylation sites is 1. The molecule has 10 heteroatoms. The Kier molecular flexibility index (Phi) is 6.51. The first-order valence-electron chi connectivity index (χ1n) is 10.2. The smallest absolute Gasteiger partial charge is 0.339 e. The van der Waals surface area contributed by atoms with Gasteiger partial charge in [0.1, 0.15) is 0 Å². The summed E-state index contributed by atoms with van der Waals surface area (Å²) >= 11 is 0. The van der Waals surface area contributed by atoms with Crippen molar-refractivity contribution in [3.8, 4) is 0 Å². The van der Waals surface area contributed by atoms with Crippen molar-refractivity contribution in [3.05, 3.63) is 59.9 Å². The third-order valence-corrected chi connectivity index (χ3v) is 7.53. The summed E-state index contributed by atoms with van der Waals surface area (Å²) in [6.07, 6.45) is 1.40. The van der Waals surface area contributed by atoms with Crippen molar-refractivity contribution in [2.24, 2.45) is 0 Å². The second kappa shape index (κ2) is 9.31. The monoisotopic (exact) mass is 446 g/mol. The number of esters is 1. The van der Waals surface area contributed by atoms with Gasteiger partial charge in [-0.3, -0.25) is 14.2 Å². The van der Waals surface area contributed by atoms with Crippen LogP contribution in [-0.4, -0.2) is 81.1 Å². The maximum atomic E-state index is 13.6. The van der Waals surface area contributed by atoms with Gasteiger partial charge in [0.25, 0.3) is 0 Å². The fourth-order valence-corrected chi connectivity index (χ4v) is 5.26. The van der Waals surface area contributed by atoms with Crippen LogP contribution in [0.25, 0.3) is 0 Å². The molecule has 3 heterocycles. The Morgan fingerprint density at radius 3 is 2.39 bits per heavy atom. The van der Waals surface area contributed by atoms with Crippen molar-refractivity contribution in [1.29, 1.82) is 0 Å². The highest BCUT2D eigenvalue weighted by molar-refractivity contribution is 7.90. The number of hydrogen-bond acceptors (Lipinski definition) is 7. The molecule has 31 heavy (non-hydrogen) atoms. The van der Waals surface area contributed by atoms with Crippen LogP contribution >= 0.6 is 0 Å². The van der Waals surface area contributed by atoms with Crippen LogP contribution in [-0.2, 0) is 26.2 Å². The maximum absolute atomic E-state index is 13.6. The molecule has 0 aliphatic carbocycles. The number of carbonyl (C=O) groups is 1. The lowest BCUT2D eigenvalue weighted by Gasteiger charge is -2.43. The predicted octanol–water partition coefficient (Wildman–Crippen LogP) is 1.14. The van der Waals surface area contributed by atoms with E-state index in [4.69, 9.17) is 9.47 Å². The molecule has 0 saturated carbocycles. The molecule has 2 fully saturated rings. The van der Waals surface area contributed by atoms with Crippen molar-refractivity contribution in [1.82, 2.24) is 14.2 Å². The number of piperazine rings is 1. The van der Waals surface area contributed by atoms with E-state index in [1.165, 1.54) is 21.9 Å². The molecule has 2 aliphatic rings. The van der Waals surface area contributed by atoms with Crippen molar-refractivity contribution < 1.29 is 22.7 Å². The van der Waals surface area contributed by atoms with Crippen molar-refractivity contribution in [2.75, 3.05) is 50.8 Å². The van der Waals surface area contributed by atoms with E-state index in [9.17, 15) is 13.2 Å². The number of benzene rings is 1. The number of aromatic nitrogens is 1. The van der Waals surface area contributed by atoms with Crippen LogP contribution in [0.5, 0.6) is 0 Å². The minimum atomic E-state index is -3.77. The Morgan fingerprint density at radius 1 is 1.13 bits per heavy atom. The fraction of sp³-hybridized carbons (Fsp3) is 0.429. The first kappa shape index (κ1) is 21.7. The van der Waals surface area contributed by atoms with Crippen LogP contribution in [0.4, 0.5) is 5.69 Å². The third kappa shape index (κ3) is 4.72. The van der Waals surface area contributed by atoms with Gasteiger partial charge in [0.05, 0.1) is 49.9 Å². The molecule has 0 spiro atoms. The molecule has 2 aromatic rings. The summed E-state index contributed by atoms with van der Waals surface area (Å²) in [7, 11) is -2.46. The topological polar surface area (TPSA) is 92.3 Å². The lowest BCUT2D eigenvalue weighted by atomic mass is 10.2. The van der Waals surface area contributed by atoms with Gasteiger partial charge in [-0.05, 0) is 24.3 Å². The number of hydrogen-bond donors (Lipinski definition) is 0. The molecule has 2 aliphatic heterocycles. The summed E-state index contributed by atoms with van der Waals surface area (Å²) in [5.41, 5.74) is 1.41. The highest BCUT2D eigenvalue weighted by atomic mass is 32.2. The molecule has 4 rings (SSSR count). The molecule has 0 bridgehead atoms. The zero-order valence-corrected chi connectivity index (χ0v) is 18.2. The normalized spacial score (nSPS) is 18.4. The molecule has 0 amide bonds. The molecule has 2 saturated heterocycles. The lowest BCUT2D eigenvalue weighted by Crippen LogP contribution is -2.59. The summed E-state index contributed by atoms with van der Waals surface area (Å²) in [5, 5.41) is 0. The zero-order valence-electron chi connectivity index (χ0n) is 17.4. The molecule has 0 N–H and O–H groups in total. The molecule has 166 valence electrons. The van der Waals surface area contributed by atoms with E-state index in [0.29, 0.717) is 49.2 Å². The molecular weight excluding hydrogens is 420 g/mol. The number of carbonyl (C=O) groups excluding carboxylic acids is 1. The molecule has 1 aromatic heterocycles. The van der Waals surface area contributed by atoms with Gasteiger partial charge in [-0.25, -0.2) is 4.79 Å². The van der Waals surface area contributed by atoms with Crippen LogP contribution in [0.1, 0.15) is 16.1 Å². The highest BCUT2D eigenvalue weighted by Crippen LogP contribution is 2.24. The second-order valence-electron chi connectivity index (χ2n) is 7.51. The predicted molar refractivity (Wildman–Crippen MR) is 115 cm³/mol. The van der Waals surface area contributed by atoms with Crippen LogP contribution in [0.3, 0.4) is 0 Å². The van der Waals surface area contributed by atoms with E-state index in [2.05, 4.69) is 9.88 Å². The van der Waals surface area contributed by atoms with Crippen molar-refractivity contribution >= 4 is 21.9 Å². The number of pyridine rings is 1. The Labute approximate surface area is 182 Å². The van der Waals surface area contributed by atoms with Gasteiger partial charge in [-0.15, -0.1) is 0 Å². The van der Waals surface area contributed by atoms with Crippen LogP contribution in [0.15, 0.2) is 48.7 Å². The lowest BCUT2D eigenvalue weighted by molar-refractivity contribution is -0.0721. The van der Waals surface area contributed by atoms with E-state index in [1.54, 1.807) is 36.4 Å². The molecule has 0 unspecified atom stereocenters. The molecule has 0 radical (unpaired) electrons. The summed E-state index contributed by atoms with van der Waals surface area (Å²) in [6.45, 7) is 3.72. The maximum Gasteiger partial charge on any atom is 0.339 e. The number of anilines is 1. The van der Waals surface area contributed by atoms with E-state index < -0.39 is 16.2 Å². The van der Waals surface area contributed by atoms with Gasteiger partial charge in [0, 0.05) is 32.4 Å². The average molecular weight is 447 g/mol. The minimum absolute atomic E-state index is 0.0600. The molecule has 0 atom stereocenters. The van der Waals surface area contributed by atoms with Gasteiger partial charge in [0.2, 0.25) is 0 Å². The molecular formula is C21H26N4O5S. The zero-order chi connectivity index (χ0) is 21.8. The van der Waals surface area contributed by atoms with Crippen molar-refractivity contribution in [2.45, 2.75) is 12.6 Å². The van der Waals surface area contributed by atoms with Crippen LogP contribution in [0, 0.1) is 0 Å². The fourth-order valence-electron chi connectivity index (χ4n) is 3.68. The summed E-state index contributed by atoms with van der Waals surface area (Å²) < 4.78 is 40.0. The summed E-state index contributed by atoms with van der Waals surface area (Å²) in [6, 6.07) is 12.6. The van der Waals surface area contributed by atoms with E-state index >= 15 is 0 Å². The summed E-state index contributed by atoms with van der Waals surface area (Å²) in [4.78, 5) is 18.2. The second-order valence-corrected chi connectivity index (χ2v) is 9.36. The first-order chi connectivity index (χ1) is 15.0. The summed E-state index contributed by atoms with van der Waals surface area (Å²) in [5.74, 6) is -0.485. The third-order valence-electron chi connectivity index (χ3n) is 5.61. The molecule has 1 aromatic carbocycles. The number of rotatable bonds is 7. The van der Waals surface area contributed by atoms with Gasteiger partial charge in [0.15, 0.2) is 0 Å². The average Bonchev–Trinajstić information content (AvgIpc) is 2.77. The highest BCUT2D eigenvalue weighted by Gasteiger charge is 2.36. The largest absolute Gasteiger partial charge is 0.465 e. The number of methoxy groups -OCH3 is 1. The van der Waals surface area contributed by atoms with Gasteiger partial charge in [-0.2, -0.15) is 12.7 Å². The van der Waals surface area contributed by atoms with Crippen LogP contribution in [0.2, 0.25) is 0 Å². The quantitative estimate of drug-likeness (QED) is 0.589. The Hall–Kier alpha value is -2.53. The Morgan fingerprint density at radius 2 is 1.84 bits per heavy atom. The van der Waals surface area contributed by atoms with Gasteiger partial charge < -0.3 is 9.47 Å². The number of ether oxygens (including phenoxy) is 2. The van der Waals surface area contributed by atoms with E-state index in [0.717, 1.165) is 13.2 Å².